The fourth-order valence-electron chi connectivity index (χ4n) is 1.33. The molecule has 1 rings (SSSR count). The predicted molar refractivity (Wildman–Crippen MR) is 52.0 cm³/mol. The summed E-state index contributed by atoms with van der Waals surface area (Å²) in [6, 6.07) is 4.85. The molecule has 0 N–H and O–H groups in total. The second-order valence-corrected chi connectivity index (χ2v) is 3.74. The van der Waals surface area contributed by atoms with E-state index in [4.69, 9.17) is 0 Å². The van der Waals surface area contributed by atoms with Gasteiger partial charge in [-0.2, -0.15) is 0 Å². The Bertz CT molecular complexity index is 342. The summed E-state index contributed by atoms with van der Waals surface area (Å²) < 4.78 is 40.3. The van der Waals surface area contributed by atoms with Crippen LogP contribution in [0, 0.1) is 6.92 Å². The van der Waals surface area contributed by atoms with Gasteiger partial charge >= 0.3 is 6.36 Å². The smallest absolute Gasteiger partial charge is 0.405 e. The first-order valence-corrected chi connectivity index (χ1v) is 4.66. The molecule has 0 saturated carbocycles. The highest BCUT2D eigenvalue weighted by molar-refractivity contribution is 5.39. The number of alkyl halides is 3. The number of hydrogen-bond donors (Lipinski definition) is 0. The lowest BCUT2D eigenvalue weighted by molar-refractivity contribution is -0.274. The highest BCUT2D eigenvalue weighted by Crippen LogP contribution is 2.31. The van der Waals surface area contributed by atoms with Crippen molar-refractivity contribution in [1.29, 1.82) is 0 Å². The van der Waals surface area contributed by atoms with Crippen LogP contribution in [0.3, 0.4) is 0 Å². The van der Waals surface area contributed by atoms with E-state index in [1.165, 1.54) is 6.07 Å². The number of aryl methyl sites for hydroxylation is 1. The Labute approximate surface area is 86.9 Å². The van der Waals surface area contributed by atoms with Crippen LogP contribution in [0.25, 0.3) is 0 Å². The second kappa shape index (κ2) is 4.13. The summed E-state index contributed by atoms with van der Waals surface area (Å²) in [5.74, 6) is -0.0968. The first-order chi connectivity index (χ1) is 6.79. The molecule has 0 aliphatic rings. The van der Waals surface area contributed by atoms with Crippen LogP contribution in [0.1, 0.15) is 30.9 Å². The number of rotatable bonds is 2. The van der Waals surface area contributed by atoms with Gasteiger partial charge in [0.1, 0.15) is 5.75 Å². The van der Waals surface area contributed by atoms with Crippen molar-refractivity contribution in [3.8, 4) is 5.75 Å². The van der Waals surface area contributed by atoms with E-state index in [0.717, 1.165) is 5.56 Å². The van der Waals surface area contributed by atoms with Crippen molar-refractivity contribution in [3.05, 3.63) is 29.3 Å². The minimum atomic E-state index is -4.63. The van der Waals surface area contributed by atoms with Gasteiger partial charge in [-0.25, -0.2) is 0 Å². The van der Waals surface area contributed by atoms with Gasteiger partial charge in [-0.05, 0) is 30.0 Å². The van der Waals surface area contributed by atoms with E-state index in [9.17, 15) is 13.2 Å². The number of benzene rings is 1. The van der Waals surface area contributed by atoms with Crippen LogP contribution >= 0.6 is 0 Å². The van der Waals surface area contributed by atoms with Gasteiger partial charge in [0.05, 0.1) is 0 Å². The Morgan fingerprint density at radius 3 is 2.27 bits per heavy atom. The van der Waals surface area contributed by atoms with Crippen LogP contribution in [0.5, 0.6) is 5.75 Å². The minimum absolute atomic E-state index is 0.00273. The highest BCUT2D eigenvalue weighted by atomic mass is 19.4. The molecule has 1 aromatic rings. The first-order valence-electron chi connectivity index (χ1n) is 4.66. The molecule has 0 aliphatic heterocycles. The summed E-state index contributed by atoms with van der Waals surface area (Å²) in [7, 11) is 0. The first kappa shape index (κ1) is 11.9. The average molecular weight is 218 g/mol. The minimum Gasteiger partial charge on any atom is -0.405 e. The molecular weight excluding hydrogens is 205 g/mol. The largest absolute Gasteiger partial charge is 0.573 e. The highest BCUT2D eigenvalue weighted by Gasteiger charge is 2.32. The van der Waals surface area contributed by atoms with Gasteiger partial charge in [-0.3, -0.25) is 0 Å². The zero-order chi connectivity index (χ0) is 11.6. The molecule has 0 heterocycles. The summed E-state index contributed by atoms with van der Waals surface area (Å²) >= 11 is 0. The van der Waals surface area contributed by atoms with Gasteiger partial charge < -0.3 is 4.74 Å². The van der Waals surface area contributed by atoms with E-state index < -0.39 is 6.36 Å². The van der Waals surface area contributed by atoms with Gasteiger partial charge in [-0.15, -0.1) is 13.2 Å². The maximum Gasteiger partial charge on any atom is 0.573 e. The van der Waals surface area contributed by atoms with Gasteiger partial charge in [0.2, 0.25) is 0 Å². The van der Waals surface area contributed by atoms with Crippen LogP contribution in [0.15, 0.2) is 18.2 Å². The van der Waals surface area contributed by atoms with Crippen LogP contribution in [0.2, 0.25) is 0 Å². The molecule has 0 atom stereocenters. The Hall–Kier alpha value is -1.19. The van der Waals surface area contributed by atoms with E-state index >= 15 is 0 Å². The summed E-state index contributed by atoms with van der Waals surface area (Å²) in [5, 5.41) is 0. The van der Waals surface area contributed by atoms with Crippen LogP contribution in [-0.2, 0) is 0 Å². The number of ether oxygens (including phenoxy) is 1. The Balaban J connectivity index is 3.08. The maximum atomic E-state index is 12.1. The van der Waals surface area contributed by atoms with E-state index in [1.54, 1.807) is 19.1 Å². The molecule has 0 saturated heterocycles. The summed E-state index contributed by atoms with van der Waals surface area (Å²) in [6.45, 7) is 5.38. The average Bonchev–Trinajstić information content (AvgIpc) is 1.99. The molecule has 1 aromatic carbocycles. The lowest BCUT2D eigenvalue weighted by Crippen LogP contribution is -2.18. The van der Waals surface area contributed by atoms with Crippen LogP contribution in [-0.4, -0.2) is 6.36 Å². The quantitative estimate of drug-likeness (QED) is 0.728. The van der Waals surface area contributed by atoms with Gasteiger partial charge in [0.15, 0.2) is 0 Å². The maximum absolute atomic E-state index is 12.1. The molecular formula is C11H13F3O. The molecule has 0 bridgehead atoms. The summed E-state index contributed by atoms with van der Waals surface area (Å²) in [5.41, 5.74) is 1.32. The van der Waals surface area contributed by atoms with E-state index in [1.807, 2.05) is 13.8 Å². The van der Waals surface area contributed by atoms with Crippen molar-refractivity contribution in [2.24, 2.45) is 0 Å². The molecule has 84 valence electrons. The fourth-order valence-corrected chi connectivity index (χ4v) is 1.33. The molecule has 0 spiro atoms. The topological polar surface area (TPSA) is 9.23 Å². The molecule has 0 unspecified atom stereocenters. The number of hydrogen-bond acceptors (Lipinski definition) is 1. The third kappa shape index (κ3) is 3.46. The molecule has 0 amide bonds. The predicted octanol–water partition coefficient (Wildman–Crippen LogP) is 4.02. The zero-order valence-corrected chi connectivity index (χ0v) is 8.85. The van der Waals surface area contributed by atoms with Crippen molar-refractivity contribution in [3.63, 3.8) is 0 Å². The lowest BCUT2D eigenvalue weighted by atomic mass is 10.0. The molecule has 0 radical (unpaired) electrons. The van der Waals surface area contributed by atoms with Crippen molar-refractivity contribution in [1.82, 2.24) is 0 Å². The van der Waals surface area contributed by atoms with Crippen molar-refractivity contribution in [2.45, 2.75) is 33.1 Å². The molecule has 0 aromatic heterocycles. The van der Waals surface area contributed by atoms with Crippen molar-refractivity contribution < 1.29 is 17.9 Å². The molecule has 1 nitrogen and oxygen atoms in total. The monoisotopic (exact) mass is 218 g/mol. The van der Waals surface area contributed by atoms with E-state index in [0.29, 0.717) is 5.56 Å². The lowest BCUT2D eigenvalue weighted by Gasteiger charge is -2.15. The fraction of sp³-hybridized carbons (Fsp3) is 0.455. The standard InChI is InChI=1S/C11H13F3O/c1-7(2)9-5-4-8(3)6-10(9)15-11(12,13)14/h4-7H,1-3H3. The number of halogens is 3. The molecule has 0 aliphatic carbocycles. The molecule has 15 heavy (non-hydrogen) atoms. The van der Waals surface area contributed by atoms with Gasteiger partial charge in [0, 0.05) is 0 Å². The van der Waals surface area contributed by atoms with Gasteiger partial charge in [0.25, 0.3) is 0 Å². The normalized spacial score (nSPS) is 11.9. The summed E-state index contributed by atoms with van der Waals surface area (Å²) in [6.07, 6.45) is -4.63. The van der Waals surface area contributed by atoms with E-state index in [-0.39, 0.29) is 11.7 Å². The van der Waals surface area contributed by atoms with Crippen molar-refractivity contribution >= 4 is 0 Å². The third-order valence-electron chi connectivity index (χ3n) is 2.02. The summed E-state index contributed by atoms with van der Waals surface area (Å²) in [4.78, 5) is 0. The van der Waals surface area contributed by atoms with Gasteiger partial charge in [-0.1, -0.05) is 26.0 Å². The third-order valence-corrected chi connectivity index (χ3v) is 2.02. The zero-order valence-electron chi connectivity index (χ0n) is 8.85. The second-order valence-electron chi connectivity index (χ2n) is 3.74. The van der Waals surface area contributed by atoms with Crippen LogP contribution < -0.4 is 4.74 Å². The molecule has 0 fully saturated rings. The molecule has 4 heteroatoms. The SMILES string of the molecule is Cc1ccc(C(C)C)c(OC(F)(F)F)c1. The van der Waals surface area contributed by atoms with Crippen LogP contribution in [0.4, 0.5) is 13.2 Å². The van der Waals surface area contributed by atoms with Crippen molar-refractivity contribution in [2.75, 3.05) is 0 Å². The Morgan fingerprint density at radius 1 is 1.20 bits per heavy atom. The van der Waals surface area contributed by atoms with E-state index in [2.05, 4.69) is 4.74 Å². The Kier molecular flexibility index (Phi) is 3.27. The Morgan fingerprint density at radius 2 is 1.80 bits per heavy atom.